The van der Waals surface area contributed by atoms with Crippen LogP contribution in [0.4, 0.5) is 21.5 Å². The highest BCUT2D eigenvalue weighted by Crippen LogP contribution is 2.29. The van der Waals surface area contributed by atoms with Crippen molar-refractivity contribution in [3.8, 4) is 0 Å². The molecule has 2 aromatic rings. The molecule has 0 radical (unpaired) electrons. The summed E-state index contributed by atoms with van der Waals surface area (Å²) in [6.45, 7) is 1.75. The van der Waals surface area contributed by atoms with Gasteiger partial charge in [-0.25, -0.2) is 9.38 Å². The maximum absolute atomic E-state index is 13.0. The van der Waals surface area contributed by atoms with Crippen LogP contribution >= 0.6 is 0 Å². The van der Waals surface area contributed by atoms with Gasteiger partial charge in [-0.15, -0.1) is 0 Å². The number of nitrogens with two attached hydrogens (primary N) is 1. The summed E-state index contributed by atoms with van der Waals surface area (Å²) >= 11 is 0. The first kappa shape index (κ1) is 13.2. The number of halogens is 1. The van der Waals surface area contributed by atoms with Gasteiger partial charge >= 0.3 is 0 Å². The molecule has 5 heteroatoms. The lowest BCUT2D eigenvalue weighted by atomic mass is 10.1. The maximum atomic E-state index is 13.0. The topological polar surface area (TPSA) is 53.6 Å². The average Bonchev–Trinajstić information content (AvgIpc) is 2.47. The van der Waals surface area contributed by atoms with Crippen molar-refractivity contribution in [3.05, 3.63) is 60.0 Å². The number of nitrogens with one attached hydrogen (secondary N) is 1. The molecular formula is C16H15FN4. The van der Waals surface area contributed by atoms with Crippen LogP contribution in [0.5, 0.6) is 0 Å². The average molecular weight is 282 g/mol. The Balaban J connectivity index is 1.87. The molecule has 0 aromatic heterocycles. The molecule has 0 bridgehead atoms. The molecule has 0 fully saturated rings. The van der Waals surface area contributed by atoms with Gasteiger partial charge in [-0.2, -0.15) is 0 Å². The molecule has 0 saturated heterocycles. The maximum Gasteiger partial charge on any atom is 0.123 e. The van der Waals surface area contributed by atoms with Gasteiger partial charge < -0.3 is 5.73 Å². The van der Waals surface area contributed by atoms with E-state index >= 15 is 0 Å². The lowest BCUT2D eigenvalue weighted by Crippen LogP contribution is -2.26. The van der Waals surface area contributed by atoms with Crippen molar-refractivity contribution in [1.82, 2.24) is 0 Å². The fourth-order valence-electron chi connectivity index (χ4n) is 2.14. The Bertz CT molecular complexity index is 716. The molecule has 3 N–H and O–H groups in total. The molecule has 4 nitrogen and oxygen atoms in total. The molecule has 0 aliphatic carbocycles. The lowest BCUT2D eigenvalue weighted by molar-refractivity contribution is 0.628. The fraction of sp³-hybridized carbons (Fsp3) is 0.0625. The Morgan fingerprint density at radius 2 is 1.95 bits per heavy atom. The van der Waals surface area contributed by atoms with E-state index < -0.39 is 0 Å². The number of hydrogen-bond acceptors (Lipinski definition) is 3. The Morgan fingerprint density at radius 3 is 2.67 bits per heavy atom. The van der Waals surface area contributed by atoms with E-state index in [1.807, 2.05) is 35.5 Å². The number of amidine groups is 1. The molecule has 0 spiro atoms. The van der Waals surface area contributed by atoms with Gasteiger partial charge in [0.15, 0.2) is 0 Å². The van der Waals surface area contributed by atoms with Gasteiger partial charge in [-0.3, -0.25) is 10.4 Å². The van der Waals surface area contributed by atoms with E-state index in [0.717, 1.165) is 22.6 Å². The van der Waals surface area contributed by atoms with Crippen LogP contribution in [0.2, 0.25) is 0 Å². The van der Waals surface area contributed by atoms with Gasteiger partial charge in [0.1, 0.15) is 5.82 Å². The molecule has 1 heterocycles. The molecule has 2 aromatic carbocycles. The number of nitrogens with zero attached hydrogens (tertiary/aromatic N) is 2. The van der Waals surface area contributed by atoms with E-state index in [-0.39, 0.29) is 5.82 Å². The minimum Gasteiger partial charge on any atom is -0.387 e. The van der Waals surface area contributed by atoms with Crippen molar-refractivity contribution in [2.24, 2.45) is 10.7 Å². The molecule has 3 rings (SSSR count). The Morgan fingerprint density at radius 1 is 1.19 bits per heavy atom. The number of aliphatic imine (C=N–C) groups is 1. The number of benzene rings is 2. The SMILES string of the molecule is CC(N)=Nc1ccc2c(c1)C=CN(c1ccc(F)cc1)N2. The second-order valence-corrected chi connectivity index (χ2v) is 4.80. The first-order valence-corrected chi connectivity index (χ1v) is 6.56. The number of hydrazine groups is 1. The highest BCUT2D eigenvalue weighted by Gasteiger charge is 2.11. The van der Waals surface area contributed by atoms with Crippen LogP contribution in [-0.4, -0.2) is 5.84 Å². The summed E-state index contributed by atoms with van der Waals surface area (Å²) in [5, 5.41) is 1.83. The smallest absolute Gasteiger partial charge is 0.123 e. The monoisotopic (exact) mass is 282 g/mol. The van der Waals surface area contributed by atoms with E-state index in [4.69, 9.17) is 5.73 Å². The van der Waals surface area contributed by atoms with E-state index in [1.54, 1.807) is 19.1 Å². The predicted octanol–water partition coefficient (Wildman–Crippen LogP) is 3.65. The van der Waals surface area contributed by atoms with Gasteiger partial charge in [-0.1, -0.05) is 0 Å². The first-order chi connectivity index (χ1) is 10.1. The predicted molar refractivity (Wildman–Crippen MR) is 84.9 cm³/mol. The molecule has 0 saturated carbocycles. The van der Waals surface area contributed by atoms with Crippen LogP contribution in [0.25, 0.3) is 6.08 Å². The molecule has 0 unspecified atom stereocenters. The summed E-state index contributed by atoms with van der Waals surface area (Å²) < 4.78 is 13.0. The van der Waals surface area contributed by atoms with Gasteiger partial charge in [0.25, 0.3) is 0 Å². The zero-order valence-electron chi connectivity index (χ0n) is 11.5. The third-order valence-electron chi connectivity index (χ3n) is 3.09. The molecule has 0 atom stereocenters. The van der Waals surface area contributed by atoms with Gasteiger partial charge in [0.05, 0.1) is 22.9 Å². The molecule has 0 amide bonds. The van der Waals surface area contributed by atoms with Crippen LogP contribution in [0, 0.1) is 5.82 Å². The van der Waals surface area contributed by atoms with Gasteiger partial charge in [-0.05, 0) is 55.5 Å². The quantitative estimate of drug-likeness (QED) is 0.653. The van der Waals surface area contributed by atoms with Gasteiger partial charge in [0, 0.05) is 11.8 Å². The number of hydrogen-bond donors (Lipinski definition) is 2. The third-order valence-corrected chi connectivity index (χ3v) is 3.09. The highest BCUT2D eigenvalue weighted by atomic mass is 19.1. The summed E-state index contributed by atoms with van der Waals surface area (Å²) in [5.41, 5.74) is 12.5. The fourth-order valence-corrected chi connectivity index (χ4v) is 2.14. The molecule has 1 aliphatic heterocycles. The second-order valence-electron chi connectivity index (χ2n) is 4.80. The minimum atomic E-state index is -0.250. The third kappa shape index (κ3) is 2.86. The summed E-state index contributed by atoms with van der Waals surface area (Å²) in [4.78, 5) is 4.23. The Hall–Kier alpha value is -2.82. The summed E-state index contributed by atoms with van der Waals surface area (Å²) in [6.07, 6.45) is 3.86. The number of rotatable bonds is 2. The second kappa shape index (κ2) is 5.28. The first-order valence-electron chi connectivity index (χ1n) is 6.56. The molecule has 106 valence electrons. The zero-order chi connectivity index (χ0) is 14.8. The summed E-state index contributed by atoms with van der Waals surface area (Å²) in [5.74, 6) is 0.274. The molecular weight excluding hydrogens is 267 g/mol. The van der Waals surface area contributed by atoms with Crippen molar-refractivity contribution < 1.29 is 4.39 Å². The Kier molecular flexibility index (Phi) is 3.31. The zero-order valence-corrected chi connectivity index (χ0v) is 11.5. The molecule has 1 aliphatic rings. The van der Waals surface area contributed by atoms with Gasteiger partial charge in [0.2, 0.25) is 0 Å². The van der Waals surface area contributed by atoms with Crippen LogP contribution in [0.1, 0.15) is 12.5 Å². The van der Waals surface area contributed by atoms with E-state index in [1.165, 1.54) is 12.1 Å². The van der Waals surface area contributed by atoms with Crippen LogP contribution in [-0.2, 0) is 0 Å². The lowest BCUT2D eigenvalue weighted by Gasteiger charge is -2.27. The van der Waals surface area contributed by atoms with E-state index in [2.05, 4.69) is 10.4 Å². The number of anilines is 2. The normalized spacial score (nSPS) is 13.8. The number of fused-ring (bicyclic) bond motifs is 1. The summed E-state index contributed by atoms with van der Waals surface area (Å²) in [7, 11) is 0. The van der Waals surface area contributed by atoms with Crippen LogP contribution < -0.4 is 16.2 Å². The molecule has 21 heavy (non-hydrogen) atoms. The van der Waals surface area contributed by atoms with Crippen molar-refractivity contribution in [2.45, 2.75) is 6.92 Å². The summed E-state index contributed by atoms with van der Waals surface area (Å²) in [6, 6.07) is 12.1. The largest absolute Gasteiger partial charge is 0.387 e. The van der Waals surface area contributed by atoms with Crippen LogP contribution in [0.15, 0.2) is 53.7 Å². The Labute approximate surface area is 122 Å². The van der Waals surface area contributed by atoms with Crippen molar-refractivity contribution >= 4 is 29.0 Å². The van der Waals surface area contributed by atoms with E-state index in [0.29, 0.717) is 5.84 Å². The van der Waals surface area contributed by atoms with Crippen LogP contribution in [0.3, 0.4) is 0 Å². The van der Waals surface area contributed by atoms with Crippen molar-refractivity contribution in [1.29, 1.82) is 0 Å². The van der Waals surface area contributed by atoms with Crippen molar-refractivity contribution in [2.75, 3.05) is 10.4 Å². The highest BCUT2D eigenvalue weighted by molar-refractivity contribution is 5.82. The minimum absolute atomic E-state index is 0.250. The van der Waals surface area contributed by atoms with E-state index in [9.17, 15) is 4.39 Å². The van der Waals surface area contributed by atoms with Crippen molar-refractivity contribution in [3.63, 3.8) is 0 Å². The standard InChI is InChI=1S/C16H15FN4/c1-11(18)19-14-4-7-16-12(10-14)8-9-21(20-16)15-5-2-13(17)3-6-15/h2-10,20H,1H3,(H2,18,19).